The average molecular weight is 231 g/mol. The molecule has 0 radical (unpaired) electrons. The van der Waals surface area contributed by atoms with Gasteiger partial charge in [0.15, 0.2) is 0 Å². The Bertz CT molecular complexity index is 364. The van der Waals surface area contributed by atoms with Crippen LogP contribution in [0.5, 0.6) is 0 Å². The van der Waals surface area contributed by atoms with Crippen molar-refractivity contribution >= 4 is 0 Å². The zero-order chi connectivity index (χ0) is 12.3. The molecule has 1 aromatic carbocycles. The van der Waals surface area contributed by atoms with Gasteiger partial charge in [0, 0.05) is 6.04 Å². The summed E-state index contributed by atoms with van der Waals surface area (Å²) in [6.45, 7) is 4.40. The minimum absolute atomic E-state index is 0.666. The largest absolute Gasteiger partial charge is 0.316 e. The van der Waals surface area contributed by atoms with Crippen molar-refractivity contribution in [3.8, 4) is 0 Å². The summed E-state index contributed by atoms with van der Waals surface area (Å²) in [7, 11) is 2.12. The summed E-state index contributed by atoms with van der Waals surface area (Å²) in [5.41, 5.74) is 4.30. The lowest BCUT2D eigenvalue weighted by Crippen LogP contribution is -2.34. The third-order valence-electron chi connectivity index (χ3n) is 4.37. The van der Waals surface area contributed by atoms with Crippen LogP contribution in [0.2, 0.25) is 0 Å². The van der Waals surface area contributed by atoms with Crippen LogP contribution in [0, 0.1) is 19.8 Å². The van der Waals surface area contributed by atoms with Crippen LogP contribution in [0.4, 0.5) is 0 Å². The average Bonchev–Trinajstić information content (AvgIpc) is 2.84. The van der Waals surface area contributed by atoms with Crippen molar-refractivity contribution in [3.05, 3.63) is 34.9 Å². The molecule has 1 aromatic rings. The normalized spacial score (nSPS) is 18.5. The van der Waals surface area contributed by atoms with Gasteiger partial charge in [0.1, 0.15) is 0 Å². The van der Waals surface area contributed by atoms with Gasteiger partial charge >= 0.3 is 0 Å². The fourth-order valence-electron chi connectivity index (χ4n) is 3.05. The van der Waals surface area contributed by atoms with Crippen LogP contribution in [0.1, 0.15) is 42.4 Å². The van der Waals surface area contributed by atoms with Crippen LogP contribution < -0.4 is 5.32 Å². The smallest absolute Gasteiger partial charge is 0.0133 e. The zero-order valence-electron chi connectivity index (χ0n) is 11.4. The first-order chi connectivity index (χ1) is 8.20. The number of hydrogen-bond acceptors (Lipinski definition) is 1. The minimum atomic E-state index is 0.666. The first-order valence-corrected chi connectivity index (χ1v) is 6.94. The van der Waals surface area contributed by atoms with Crippen LogP contribution >= 0.6 is 0 Å². The van der Waals surface area contributed by atoms with Gasteiger partial charge in [0.2, 0.25) is 0 Å². The van der Waals surface area contributed by atoms with Crippen molar-refractivity contribution in [1.29, 1.82) is 0 Å². The molecule has 0 aliphatic heterocycles. The van der Waals surface area contributed by atoms with Crippen molar-refractivity contribution in [2.45, 2.75) is 52.0 Å². The maximum Gasteiger partial charge on any atom is 0.0133 e. The van der Waals surface area contributed by atoms with Gasteiger partial charge in [0.25, 0.3) is 0 Å². The zero-order valence-corrected chi connectivity index (χ0v) is 11.4. The van der Waals surface area contributed by atoms with Crippen LogP contribution in [0.3, 0.4) is 0 Å². The van der Waals surface area contributed by atoms with Crippen molar-refractivity contribution in [2.24, 2.45) is 5.92 Å². The van der Waals surface area contributed by atoms with E-state index >= 15 is 0 Å². The van der Waals surface area contributed by atoms with Gasteiger partial charge in [-0.1, -0.05) is 31.0 Å². The van der Waals surface area contributed by atoms with Crippen molar-refractivity contribution in [3.63, 3.8) is 0 Å². The predicted octanol–water partition coefficient (Wildman–Crippen LogP) is 3.62. The van der Waals surface area contributed by atoms with Gasteiger partial charge in [-0.3, -0.25) is 0 Å². The van der Waals surface area contributed by atoms with Crippen molar-refractivity contribution < 1.29 is 0 Å². The second-order valence-corrected chi connectivity index (χ2v) is 5.56. The van der Waals surface area contributed by atoms with E-state index < -0.39 is 0 Å². The first-order valence-electron chi connectivity index (χ1n) is 6.94. The molecule has 0 saturated heterocycles. The highest BCUT2D eigenvalue weighted by Crippen LogP contribution is 2.29. The molecule has 1 atom stereocenters. The molecular formula is C16H25N. The van der Waals surface area contributed by atoms with E-state index in [1.54, 1.807) is 0 Å². The second-order valence-electron chi connectivity index (χ2n) is 5.56. The van der Waals surface area contributed by atoms with E-state index in [-0.39, 0.29) is 0 Å². The molecule has 94 valence electrons. The lowest BCUT2D eigenvalue weighted by molar-refractivity contribution is 0.377. The molecule has 0 amide bonds. The van der Waals surface area contributed by atoms with Gasteiger partial charge in [-0.15, -0.1) is 0 Å². The van der Waals surface area contributed by atoms with Gasteiger partial charge < -0.3 is 5.32 Å². The lowest BCUT2D eigenvalue weighted by atomic mass is 9.91. The molecule has 1 nitrogen and oxygen atoms in total. The molecule has 0 aromatic heterocycles. The number of rotatable bonds is 4. The number of aryl methyl sites for hydroxylation is 2. The number of hydrogen-bond donors (Lipinski definition) is 1. The van der Waals surface area contributed by atoms with Crippen molar-refractivity contribution in [1.82, 2.24) is 5.32 Å². The van der Waals surface area contributed by atoms with Crippen LogP contribution in [0.25, 0.3) is 0 Å². The Kier molecular flexibility index (Phi) is 4.22. The maximum absolute atomic E-state index is 3.53. The second kappa shape index (κ2) is 5.68. The topological polar surface area (TPSA) is 12.0 Å². The van der Waals surface area contributed by atoms with E-state index in [2.05, 4.69) is 44.4 Å². The molecule has 1 aliphatic carbocycles. The molecule has 0 heterocycles. The highest BCUT2D eigenvalue weighted by molar-refractivity contribution is 5.30. The van der Waals surface area contributed by atoms with E-state index in [1.165, 1.54) is 48.8 Å². The first kappa shape index (κ1) is 12.6. The molecular weight excluding hydrogens is 206 g/mol. The van der Waals surface area contributed by atoms with E-state index in [9.17, 15) is 0 Å². The Balaban J connectivity index is 2.04. The number of benzene rings is 1. The van der Waals surface area contributed by atoms with Crippen molar-refractivity contribution in [2.75, 3.05) is 7.05 Å². The van der Waals surface area contributed by atoms with Gasteiger partial charge in [-0.05, 0) is 62.8 Å². The number of nitrogens with one attached hydrogen (secondary N) is 1. The van der Waals surface area contributed by atoms with E-state index in [4.69, 9.17) is 0 Å². The SMILES string of the molecule is CNC(Cc1ccc(C)c(C)c1)C1CCCC1. The molecule has 1 saturated carbocycles. The Morgan fingerprint density at radius 2 is 1.88 bits per heavy atom. The summed E-state index contributed by atoms with van der Waals surface area (Å²) in [5.74, 6) is 0.890. The Hall–Kier alpha value is -0.820. The quantitative estimate of drug-likeness (QED) is 0.834. The summed E-state index contributed by atoms with van der Waals surface area (Å²) in [4.78, 5) is 0. The summed E-state index contributed by atoms with van der Waals surface area (Å²) in [6, 6.07) is 7.57. The molecule has 1 N–H and O–H groups in total. The summed E-state index contributed by atoms with van der Waals surface area (Å²) in [6.07, 6.45) is 6.86. The third kappa shape index (κ3) is 3.10. The highest BCUT2D eigenvalue weighted by atomic mass is 14.9. The van der Waals surface area contributed by atoms with Crippen LogP contribution in [-0.4, -0.2) is 13.1 Å². The van der Waals surface area contributed by atoms with Gasteiger partial charge in [-0.25, -0.2) is 0 Å². The highest BCUT2D eigenvalue weighted by Gasteiger charge is 2.23. The van der Waals surface area contributed by atoms with E-state index in [0.29, 0.717) is 6.04 Å². The molecule has 17 heavy (non-hydrogen) atoms. The van der Waals surface area contributed by atoms with E-state index in [0.717, 1.165) is 5.92 Å². The molecule has 1 unspecified atom stereocenters. The van der Waals surface area contributed by atoms with Gasteiger partial charge in [-0.2, -0.15) is 0 Å². The standard InChI is InChI=1S/C16H25N/c1-12-8-9-14(10-13(12)2)11-16(17-3)15-6-4-5-7-15/h8-10,15-17H,4-7,11H2,1-3H3. The fraction of sp³-hybridized carbons (Fsp3) is 0.625. The fourth-order valence-corrected chi connectivity index (χ4v) is 3.05. The molecule has 1 fully saturated rings. The Morgan fingerprint density at radius 3 is 2.47 bits per heavy atom. The lowest BCUT2D eigenvalue weighted by Gasteiger charge is -2.23. The van der Waals surface area contributed by atoms with Gasteiger partial charge in [0.05, 0.1) is 0 Å². The number of likely N-dealkylation sites (N-methyl/N-ethyl adjacent to an activating group) is 1. The van der Waals surface area contributed by atoms with Crippen LogP contribution in [-0.2, 0) is 6.42 Å². The molecule has 1 aliphatic rings. The monoisotopic (exact) mass is 231 g/mol. The third-order valence-corrected chi connectivity index (χ3v) is 4.37. The predicted molar refractivity (Wildman–Crippen MR) is 74.4 cm³/mol. The molecule has 0 spiro atoms. The summed E-state index contributed by atoms with van der Waals surface area (Å²) in [5, 5.41) is 3.53. The summed E-state index contributed by atoms with van der Waals surface area (Å²) < 4.78 is 0. The molecule has 1 heteroatoms. The minimum Gasteiger partial charge on any atom is -0.316 e. The van der Waals surface area contributed by atoms with Crippen LogP contribution in [0.15, 0.2) is 18.2 Å². The molecule has 0 bridgehead atoms. The summed E-state index contributed by atoms with van der Waals surface area (Å²) >= 11 is 0. The maximum atomic E-state index is 3.53. The molecule has 2 rings (SSSR count). The van der Waals surface area contributed by atoms with E-state index in [1.807, 2.05) is 0 Å². The Labute approximate surface area is 106 Å². The Morgan fingerprint density at radius 1 is 1.18 bits per heavy atom.